The van der Waals surface area contributed by atoms with Crippen molar-refractivity contribution < 1.29 is 9.59 Å². The van der Waals surface area contributed by atoms with Crippen LogP contribution in [0.3, 0.4) is 0 Å². The van der Waals surface area contributed by atoms with Gasteiger partial charge in [-0.25, -0.2) is 15.1 Å². The number of hydrazine groups is 1. The number of nitrogens with zero attached hydrogens (tertiary/aromatic N) is 4. The molecule has 0 fully saturated rings. The van der Waals surface area contributed by atoms with E-state index in [0.29, 0.717) is 0 Å². The predicted octanol–water partition coefficient (Wildman–Crippen LogP) is 3.20. The molecule has 8 nitrogen and oxygen atoms in total. The minimum absolute atomic E-state index is 0.0204. The fourth-order valence-electron chi connectivity index (χ4n) is 2.66. The topological polar surface area (TPSA) is 106 Å². The number of nitrogens with one attached hydrogen (secondary N) is 1. The van der Waals surface area contributed by atoms with Gasteiger partial charge in [-0.15, -0.1) is 0 Å². The van der Waals surface area contributed by atoms with Gasteiger partial charge in [0.15, 0.2) is 5.82 Å². The van der Waals surface area contributed by atoms with Crippen LogP contribution in [0.4, 0.5) is 0 Å². The second kappa shape index (κ2) is 8.38. The molecule has 0 bridgehead atoms. The molecule has 0 aliphatic carbocycles. The Balaban J connectivity index is 2.28. The zero-order valence-corrected chi connectivity index (χ0v) is 17.5. The number of hydrogen-bond donors (Lipinski definition) is 2. The second-order valence-electron chi connectivity index (χ2n) is 5.90. The van der Waals surface area contributed by atoms with Gasteiger partial charge in [0.2, 0.25) is 0 Å². The average Bonchev–Trinajstić information content (AvgIpc) is 3.11. The molecule has 0 unspecified atom stereocenters. The fraction of sp³-hybridized carbons (Fsp3) is 0.111. The third kappa shape index (κ3) is 4.06. The first-order valence-electron chi connectivity index (χ1n) is 8.20. The van der Waals surface area contributed by atoms with Crippen LogP contribution in [0, 0.1) is 0 Å². The zero-order valence-electron chi connectivity index (χ0n) is 15.3. The number of primary amides is 1. The number of pyridine rings is 1. The number of nitrogens with two attached hydrogens (primary N) is 1. The molecule has 3 N–H and O–H groups in total. The van der Waals surface area contributed by atoms with Gasteiger partial charge in [-0.05, 0) is 30.3 Å². The Hall–Kier alpha value is -2.65. The van der Waals surface area contributed by atoms with Gasteiger partial charge in [0, 0.05) is 30.9 Å². The number of hydrogen-bond acceptors (Lipinski definition) is 5. The summed E-state index contributed by atoms with van der Waals surface area (Å²) in [7, 11) is 3.13. The number of aromatic nitrogens is 3. The third-order valence-electron chi connectivity index (χ3n) is 4.08. The highest BCUT2D eigenvalue weighted by Crippen LogP contribution is 2.35. The Morgan fingerprint density at radius 3 is 2.52 bits per heavy atom. The molecule has 2 amide bonds. The monoisotopic (exact) mass is 452 g/mol. The number of rotatable bonds is 5. The quantitative estimate of drug-likeness (QED) is 0.577. The van der Waals surface area contributed by atoms with Crippen LogP contribution < -0.4 is 11.2 Å². The molecule has 0 atom stereocenters. The summed E-state index contributed by atoms with van der Waals surface area (Å²) < 4.78 is 1.21. The van der Waals surface area contributed by atoms with Crippen molar-refractivity contribution in [3.8, 4) is 17.1 Å². The van der Waals surface area contributed by atoms with Gasteiger partial charge in [-0.2, -0.15) is 5.10 Å². The first-order chi connectivity index (χ1) is 13.7. The van der Waals surface area contributed by atoms with E-state index >= 15 is 0 Å². The van der Waals surface area contributed by atoms with Gasteiger partial charge in [0.05, 0.1) is 21.3 Å². The lowest BCUT2D eigenvalue weighted by molar-refractivity contribution is 0.0735. The third-order valence-corrected chi connectivity index (χ3v) is 4.89. The van der Waals surface area contributed by atoms with E-state index in [2.05, 4.69) is 15.5 Å². The standard InChI is InChI=1S/C18H15Cl3N6O2/c1-23-26(2)18(29)10-6-9(19)7-12(21)15(10)13-8-14(16(22)28)27(25-13)17-11(20)4-3-5-24-17/h3-8,23H,1-2H3,(H2,22,28). The second-order valence-corrected chi connectivity index (χ2v) is 7.15. The molecule has 2 heterocycles. The maximum absolute atomic E-state index is 12.8. The number of benzene rings is 1. The largest absolute Gasteiger partial charge is 0.364 e. The summed E-state index contributed by atoms with van der Waals surface area (Å²) in [6, 6.07) is 7.60. The predicted molar refractivity (Wildman–Crippen MR) is 111 cm³/mol. The Bertz CT molecular complexity index is 1110. The van der Waals surface area contributed by atoms with E-state index in [1.807, 2.05) is 0 Å². The first-order valence-corrected chi connectivity index (χ1v) is 9.33. The molecule has 29 heavy (non-hydrogen) atoms. The molecule has 3 rings (SSSR count). The molecular formula is C18H15Cl3N6O2. The Morgan fingerprint density at radius 2 is 1.90 bits per heavy atom. The molecule has 11 heteroatoms. The molecule has 150 valence electrons. The summed E-state index contributed by atoms with van der Waals surface area (Å²) in [4.78, 5) is 29.0. The van der Waals surface area contributed by atoms with Crippen molar-refractivity contribution in [3.05, 3.63) is 62.9 Å². The van der Waals surface area contributed by atoms with Crippen LogP contribution >= 0.6 is 34.8 Å². The van der Waals surface area contributed by atoms with Crippen LogP contribution in [-0.4, -0.2) is 45.7 Å². The van der Waals surface area contributed by atoms with E-state index < -0.39 is 11.8 Å². The minimum Gasteiger partial charge on any atom is -0.364 e. The fourth-order valence-corrected chi connectivity index (χ4v) is 3.45. The van der Waals surface area contributed by atoms with E-state index in [1.54, 1.807) is 26.2 Å². The van der Waals surface area contributed by atoms with Gasteiger partial charge >= 0.3 is 0 Å². The van der Waals surface area contributed by atoms with Crippen molar-refractivity contribution in [2.45, 2.75) is 0 Å². The maximum Gasteiger partial charge on any atom is 0.268 e. The summed E-state index contributed by atoms with van der Waals surface area (Å²) in [5.41, 5.74) is 8.96. The van der Waals surface area contributed by atoms with E-state index in [4.69, 9.17) is 40.5 Å². The maximum atomic E-state index is 12.8. The molecular weight excluding hydrogens is 439 g/mol. The molecule has 0 saturated carbocycles. The lowest BCUT2D eigenvalue weighted by Crippen LogP contribution is -2.37. The summed E-state index contributed by atoms with van der Waals surface area (Å²) >= 11 is 18.7. The first kappa shape index (κ1) is 21.1. The van der Waals surface area contributed by atoms with Gasteiger partial charge in [0.1, 0.15) is 5.69 Å². The van der Waals surface area contributed by atoms with Crippen molar-refractivity contribution in [1.82, 2.24) is 25.2 Å². The summed E-state index contributed by atoms with van der Waals surface area (Å²) in [5.74, 6) is -0.951. The van der Waals surface area contributed by atoms with Crippen LogP contribution in [-0.2, 0) is 0 Å². The van der Waals surface area contributed by atoms with Gasteiger partial charge in [-0.1, -0.05) is 34.8 Å². The molecule has 3 aromatic rings. The summed E-state index contributed by atoms with van der Waals surface area (Å²) in [6.45, 7) is 0. The Labute approximate surface area is 181 Å². The highest BCUT2D eigenvalue weighted by molar-refractivity contribution is 6.37. The van der Waals surface area contributed by atoms with Crippen LogP contribution in [0.15, 0.2) is 36.5 Å². The van der Waals surface area contributed by atoms with E-state index in [-0.39, 0.29) is 43.4 Å². The van der Waals surface area contributed by atoms with Crippen molar-refractivity contribution in [2.24, 2.45) is 5.73 Å². The molecule has 0 radical (unpaired) electrons. The van der Waals surface area contributed by atoms with Gasteiger partial charge in [-0.3, -0.25) is 14.6 Å². The zero-order chi connectivity index (χ0) is 21.3. The van der Waals surface area contributed by atoms with E-state index in [1.165, 1.54) is 34.1 Å². The Kier molecular flexibility index (Phi) is 6.09. The smallest absolute Gasteiger partial charge is 0.268 e. The molecule has 0 aliphatic rings. The summed E-state index contributed by atoms with van der Waals surface area (Å²) in [5, 5.41) is 6.37. The molecule has 0 aliphatic heterocycles. The van der Waals surface area contributed by atoms with Crippen molar-refractivity contribution in [2.75, 3.05) is 14.1 Å². The van der Waals surface area contributed by atoms with Crippen LogP contribution in [0.25, 0.3) is 17.1 Å². The number of carbonyl (C=O) groups excluding carboxylic acids is 2. The SMILES string of the molecule is CNN(C)C(=O)c1cc(Cl)cc(Cl)c1-c1cc(C(N)=O)n(-c2ncccc2Cl)n1. The highest BCUT2D eigenvalue weighted by Gasteiger charge is 2.25. The number of amides is 2. The minimum atomic E-state index is -0.754. The normalized spacial score (nSPS) is 10.8. The average molecular weight is 454 g/mol. The van der Waals surface area contributed by atoms with E-state index in [0.717, 1.165) is 0 Å². The van der Waals surface area contributed by atoms with Crippen LogP contribution in [0.5, 0.6) is 0 Å². The molecule has 2 aromatic heterocycles. The lowest BCUT2D eigenvalue weighted by atomic mass is 10.0. The van der Waals surface area contributed by atoms with E-state index in [9.17, 15) is 9.59 Å². The van der Waals surface area contributed by atoms with Crippen molar-refractivity contribution in [1.29, 1.82) is 0 Å². The van der Waals surface area contributed by atoms with Gasteiger partial charge in [0.25, 0.3) is 11.8 Å². The highest BCUT2D eigenvalue weighted by atomic mass is 35.5. The molecule has 1 aromatic carbocycles. The lowest BCUT2D eigenvalue weighted by Gasteiger charge is -2.18. The Morgan fingerprint density at radius 1 is 1.17 bits per heavy atom. The number of halogens is 3. The molecule has 0 saturated heterocycles. The summed E-state index contributed by atoms with van der Waals surface area (Å²) in [6.07, 6.45) is 1.50. The van der Waals surface area contributed by atoms with Crippen LogP contribution in [0.1, 0.15) is 20.8 Å². The van der Waals surface area contributed by atoms with Gasteiger partial charge < -0.3 is 5.73 Å². The van der Waals surface area contributed by atoms with Crippen molar-refractivity contribution in [3.63, 3.8) is 0 Å². The molecule has 0 spiro atoms. The number of carbonyl (C=O) groups is 2. The van der Waals surface area contributed by atoms with Crippen LogP contribution in [0.2, 0.25) is 15.1 Å². The van der Waals surface area contributed by atoms with Crippen molar-refractivity contribution >= 4 is 46.6 Å².